The minimum Gasteiger partial charge on any atom is -0.426 e. The van der Waals surface area contributed by atoms with Gasteiger partial charge in [0, 0.05) is 5.56 Å². The molecule has 0 N–H and O–H groups in total. The lowest BCUT2D eigenvalue weighted by Crippen LogP contribution is -2.29. The highest BCUT2D eigenvalue weighted by Gasteiger charge is 2.44. The first kappa shape index (κ1) is 10.2. The van der Waals surface area contributed by atoms with E-state index < -0.39 is 5.41 Å². The van der Waals surface area contributed by atoms with Crippen molar-refractivity contribution in [2.24, 2.45) is 0 Å². The van der Waals surface area contributed by atoms with E-state index in [9.17, 15) is 4.79 Å². The van der Waals surface area contributed by atoms with Crippen molar-refractivity contribution in [3.05, 3.63) is 29.3 Å². The summed E-state index contributed by atoms with van der Waals surface area (Å²) in [5, 5.41) is 0. The van der Waals surface area contributed by atoms with E-state index in [0.717, 1.165) is 29.7 Å². The van der Waals surface area contributed by atoms with Crippen molar-refractivity contribution in [2.75, 3.05) is 0 Å². The molecule has 0 aliphatic carbocycles. The third-order valence-corrected chi connectivity index (χ3v) is 3.13. The van der Waals surface area contributed by atoms with Gasteiger partial charge in [-0.2, -0.15) is 0 Å². The minimum absolute atomic E-state index is 0.107. The summed E-state index contributed by atoms with van der Waals surface area (Å²) in [5.41, 5.74) is 1.74. The molecule has 1 unspecified atom stereocenters. The Morgan fingerprint density at radius 3 is 2.80 bits per heavy atom. The Morgan fingerprint density at radius 1 is 1.40 bits per heavy atom. The molecule has 1 aliphatic heterocycles. The molecule has 0 saturated carbocycles. The molecule has 2 nitrogen and oxygen atoms in total. The topological polar surface area (TPSA) is 26.3 Å². The lowest BCUT2D eigenvalue weighted by molar-refractivity contribution is -0.138. The Balaban J connectivity index is 2.50. The predicted octanol–water partition coefficient (Wildman–Crippen LogP) is 2.97. The number of carbonyl (C=O) groups is 1. The Bertz CT molecular complexity index is 409. The zero-order valence-electron chi connectivity index (χ0n) is 9.46. The first-order chi connectivity index (χ1) is 7.08. The van der Waals surface area contributed by atoms with Gasteiger partial charge in [-0.1, -0.05) is 25.5 Å². The third-order valence-electron chi connectivity index (χ3n) is 3.13. The standard InChI is InChI=1S/C13H16O2/c1-4-7-13(3)10-6-5-9(2)8-11(10)15-12(13)14/h5-6,8H,4,7H2,1-3H3. The van der Waals surface area contributed by atoms with E-state index >= 15 is 0 Å². The number of esters is 1. The minimum atomic E-state index is -0.433. The molecule has 1 atom stereocenters. The zero-order chi connectivity index (χ0) is 11.1. The van der Waals surface area contributed by atoms with Gasteiger partial charge in [0.1, 0.15) is 5.75 Å². The molecule has 15 heavy (non-hydrogen) atoms. The summed E-state index contributed by atoms with van der Waals surface area (Å²) >= 11 is 0. The van der Waals surface area contributed by atoms with Gasteiger partial charge in [-0.3, -0.25) is 4.79 Å². The SMILES string of the molecule is CCCC1(C)C(=O)Oc2cc(C)ccc21. The molecule has 0 aromatic heterocycles. The summed E-state index contributed by atoms with van der Waals surface area (Å²) in [7, 11) is 0. The van der Waals surface area contributed by atoms with E-state index in [0.29, 0.717) is 0 Å². The molecular weight excluding hydrogens is 188 g/mol. The number of carbonyl (C=O) groups excluding carboxylic acids is 1. The van der Waals surface area contributed by atoms with Crippen molar-refractivity contribution >= 4 is 5.97 Å². The molecular formula is C13H16O2. The summed E-state index contributed by atoms with van der Waals surface area (Å²) in [6.07, 6.45) is 1.83. The number of hydrogen-bond acceptors (Lipinski definition) is 2. The van der Waals surface area contributed by atoms with Crippen LogP contribution >= 0.6 is 0 Å². The fraction of sp³-hybridized carbons (Fsp3) is 0.462. The van der Waals surface area contributed by atoms with Crippen LogP contribution in [0, 0.1) is 6.92 Å². The van der Waals surface area contributed by atoms with Crippen molar-refractivity contribution in [2.45, 2.75) is 39.0 Å². The summed E-state index contributed by atoms with van der Waals surface area (Å²) in [6.45, 7) is 6.06. The Morgan fingerprint density at radius 2 is 2.13 bits per heavy atom. The molecule has 0 radical (unpaired) electrons. The van der Waals surface area contributed by atoms with Crippen LogP contribution in [0.4, 0.5) is 0 Å². The molecule has 1 aliphatic rings. The van der Waals surface area contributed by atoms with Crippen LogP contribution in [-0.2, 0) is 10.2 Å². The van der Waals surface area contributed by atoms with Crippen molar-refractivity contribution < 1.29 is 9.53 Å². The summed E-state index contributed by atoms with van der Waals surface area (Å²) in [5.74, 6) is 0.640. The van der Waals surface area contributed by atoms with Gasteiger partial charge >= 0.3 is 5.97 Å². The van der Waals surface area contributed by atoms with Crippen molar-refractivity contribution in [1.82, 2.24) is 0 Å². The van der Waals surface area contributed by atoms with Crippen LogP contribution in [0.3, 0.4) is 0 Å². The van der Waals surface area contributed by atoms with Gasteiger partial charge in [-0.05, 0) is 31.9 Å². The second-order valence-electron chi connectivity index (χ2n) is 4.47. The average Bonchev–Trinajstić information content (AvgIpc) is 2.39. The molecule has 0 spiro atoms. The van der Waals surface area contributed by atoms with Crippen molar-refractivity contribution in [1.29, 1.82) is 0 Å². The molecule has 1 heterocycles. The van der Waals surface area contributed by atoms with Crippen LogP contribution in [0.25, 0.3) is 0 Å². The van der Waals surface area contributed by atoms with Crippen molar-refractivity contribution in [3.8, 4) is 5.75 Å². The van der Waals surface area contributed by atoms with E-state index in [4.69, 9.17) is 4.74 Å². The zero-order valence-corrected chi connectivity index (χ0v) is 9.46. The van der Waals surface area contributed by atoms with Crippen LogP contribution in [0.2, 0.25) is 0 Å². The van der Waals surface area contributed by atoms with Crippen LogP contribution in [0.5, 0.6) is 5.75 Å². The van der Waals surface area contributed by atoms with E-state index in [-0.39, 0.29) is 5.97 Å². The lowest BCUT2D eigenvalue weighted by Gasteiger charge is -2.19. The summed E-state index contributed by atoms with van der Waals surface area (Å²) in [4.78, 5) is 11.8. The van der Waals surface area contributed by atoms with Gasteiger partial charge in [-0.15, -0.1) is 0 Å². The highest BCUT2D eigenvalue weighted by atomic mass is 16.5. The van der Waals surface area contributed by atoms with E-state index in [1.165, 1.54) is 0 Å². The fourth-order valence-electron chi connectivity index (χ4n) is 2.23. The first-order valence-corrected chi connectivity index (χ1v) is 5.41. The second-order valence-corrected chi connectivity index (χ2v) is 4.47. The van der Waals surface area contributed by atoms with Gasteiger partial charge < -0.3 is 4.74 Å². The monoisotopic (exact) mass is 204 g/mol. The molecule has 0 bridgehead atoms. The number of ether oxygens (including phenoxy) is 1. The largest absolute Gasteiger partial charge is 0.426 e. The quantitative estimate of drug-likeness (QED) is 0.547. The predicted molar refractivity (Wildman–Crippen MR) is 59.1 cm³/mol. The molecule has 0 saturated heterocycles. The normalized spacial score (nSPS) is 23.8. The summed E-state index contributed by atoms with van der Waals surface area (Å²) in [6, 6.07) is 5.99. The maximum absolute atomic E-state index is 11.8. The van der Waals surface area contributed by atoms with Gasteiger partial charge in [0.2, 0.25) is 0 Å². The van der Waals surface area contributed by atoms with Crippen LogP contribution in [0.1, 0.15) is 37.8 Å². The highest BCUT2D eigenvalue weighted by Crippen LogP contribution is 2.42. The number of fused-ring (bicyclic) bond motifs is 1. The molecule has 0 amide bonds. The van der Waals surface area contributed by atoms with E-state index in [1.54, 1.807) is 0 Å². The molecule has 0 fully saturated rings. The van der Waals surface area contributed by atoms with Gasteiger partial charge in [0.05, 0.1) is 5.41 Å². The maximum Gasteiger partial charge on any atom is 0.321 e. The number of rotatable bonds is 2. The van der Waals surface area contributed by atoms with Gasteiger partial charge in [0.15, 0.2) is 0 Å². The molecule has 2 rings (SSSR count). The summed E-state index contributed by atoms with van der Waals surface area (Å²) < 4.78 is 5.32. The van der Waals surface area contributed by atoms with Gasteiger partial charge in [-0.25, -0.2) is 0 Å². The fourth-order valence-corrected chi connectivity index (χ4v) is 2.23. The number of hydrogen-bond donors (Lipinski definition) is 0. The van der Waals surface area contributed by atoms with Crippen LogP contribution in [0.15, 0.2) is 18.2 Å². The maximum atomic E-state index is 11.8. The van der Waals surface area contributed by atoms with Gasteiger partial charge in [0.25, 0.3) is 0 Å². The molecule has 2 heteroatoms. The Hall–Kier alpha value is -1.31. The van der Waals surface area contributed by atoms with E-state index in [1.807, 2.05) is 32.0 Å². The molecule has 1 aromatic carbocycles. The highest BCUT2D eigenvalue weighted by molar-refractivity contribution is 5.90. The number of aryl methyl sites for hydroxylation is 1. The third kappa shape index (κ3) is 1.44. The molecule has 80 valence electrons. The average molecular weight is 204 g/mol. The lowest BCUT2D eigenvalue weighted by atomic mass is 9.80. The number of benzene rings is 1. The van der Waals surface area contributed by atoms with Crippen LogP contribution < -0.4 is 4.74 Å². The molecule has 1 aromatic rings. The Labute approximate surface area is 90.3 Å². The smallest absolute Gasteiger partial charge is 0.321 e. The Kier molecular flexibility index (Phi) is 2.29. The van der Waals surface area contributed by atoms with Crippen LogP contribution in [-0.4, -0.2) is 5.97 Å². The first-order valence-electron chi connectivity index (χ1n) is 5.41. The van der Waals surface area contributed by atoms with Crippen molar-refractivity contribution in [3.63, 3.8) is 0 Å². The van der Waals surface area contributed by atoms with E-state index in [2.05, 4.69) is 6.92 Å². The second kappa shape index (κ2) is 3.37.